The van der Waals surface area contributed by atoms with Crippen LogP contribution in [-0.4, -0.2) is 16.5 Å². The van der Waals surface area contributed by atoms with E-state index < -0.39 is 0 Å². The van der Waals surface area contributed by atoms with Gasteiger partial charge in [-0.05, 0) is 29.7 Å². The molecule has 0 fully saturated rings. The predicted molar refractivity (Wildman–Crippen MR) is 113 cm³/mol. The Morgan fingerprint density at radius 1 is 0.963 bits per heavy atom. The summed E-state index contributed by atoms with van der Waals surface area (Å²) in [6.07, 6.45) is 3.85. The molecule has 0 saturated heterocycles. The Hall–Kier alpha value is -2.85. The maximum atomic E-state index is 12.9. The number of H-pyrrole nitrogens is 1. The number of carbonyl (C=O) groups excluding carboxylic acids is 1. The van der Waals surface area contributed by atoms with E-state index in [1.54, 1.807) is 11.8 Å². The van der Waals surface area contributed by atoms with Crippen molar-refractivity contribution in [1.29, 1.82) is 0 Å². The van der Waals surface area contributed by atoms with Gasteiger partial charge in [-0.3, -0.25) is 9.79 Å². The number of allylic oxidation sites excluding steroid dienone is 1. The third-order valence-electron chi connectivity index (χ3n) is 4.56. The van der Waals surface area contributed by atoms with Crippen LogP contribution in [0.2, 0.25) is 0 Å². The Balaban J connectivity index is 1.63. The number of fused-ring (bicyclic) bond motifs is 1. The number of benzene rings is 2. The minimum atomic E-state index is -0.0295. The third-order valence-corrected chi connectivity index (χ3v) is 5.67. The highest BCUT2D eigenvalue weighted by Gasteiger charge is 2.27. The number of nitrogens with zero attached hydrogens (tertiary/aromatic N) is 1. The fourth-order valence-corrected chi connectivity index (χ4v) is 4.25. The van der Waals surface area contributed by atoms with Crippen LogP contribution in [0.1, 0.15) is 32.7 Å². The maximum Gasteiger partial charge on any atom is 0.227 e. The highest BCUT2D eigenvalue weighted by atomic mass is 32.2. The number of aromatic nitrogens is 1. The number of carbonyl (C=O) groups is 1. The second-order valence-electron chi connectivity index (χ2n) is 6.52. The predicted octanol–water partition coefficient (Wildman–Crippen LogP) is 5.43. The molecule has 0 spiro atoms. The molecule has 134 valence electrons. The van der Waals surface area contributed by atoms with Gasteiger partial charge in [-0.1, -0.05) is 60.7 Å². The fraction of sp³-hybridized carbons (Fsp3) is 0.130. The van der Waals surface area contributed by atoms with Crippen molar-refractivity contribution in [2.45, 2.75) is 19.2 Å². The van der Waals surface area contributed by atoms with Crippen molar-refractivity contribution in [2.24, 2.45) is 4.99 Å². The first kappa shape index (κ1) is 17.6. The van der Waals surface area contributed by atoms with Gasteiger partial charge < -0.3 is 4.98 Å². The van der Waals surface area contributed by atoms with E-state index in [1.807, 2.05) is 67.7 Å². The molecule has 1 aromatic heterocycles. The molecule has 2 aromatic carbocycles. The number of thioether (sulfide) groups is 1. The lowest BCUT2D eigenvalue weighted by Gasteiger charge is -2.16. The number of aryl methyl sites for hydroxylation is 1. The molecular formula is C23H20N2OS. The van der Waals surface area contributed by atoms with Gasteiger partial charge in [0.25, 0.3) is 0 Å². The molecule has 3 nitrogen and oxygen atoms in total. The molecule has 1 heterocycles. The molecule has 4 heteroatoms. The molecule has 1 aliphatic rings. The van der Waals surface area contributed by atoms with Crippen molar-refractivity contribution in [2.75, 3.05) is 0 Å². The lowest BCUT2D eigenvalue weighted by atomic mass is 9.99. The van der Waals surface area contributed by atoms with Gasteiger partial charge in [-0.2, -0.15) is 0 Å². The number of nitrogens with one attached hydrogen (secondary N) is 1. The summed E-state index contributed by atoms with van der Waals surface area (Å²) in [4.78, 5) is 21.7. The number of hydrogen-bond donors (Lipinski definition) is 1. The Morgan fingerprint density at radius 2 is 1.63 bits per heavy atom. The van der Waals surface area contributed by atoms with Crippen LogP contribution in [0.15, 0.2) is 77.9 Å². The summed E-state index contributed by atoms with van der Waals surface area (Å²) in [5, 5.41) is 0. The van der Waals surface area contributed by atoms with Gasteiger partial charge in [0.05, 0.1) is 12.2 Å². The zero-order chi connectivity index (χ0) is 18.6. The van der Waals surface area contributed by atoms with E-state index >= 15 is 0 Å². The van der Waals surface area contributed by atoms with E-state index in [1.165, 1.54) is 5.56 Å². The first-order valence-corrected chi connectivity index (χ1v) is 9.91. The molecule has 0 amide bonds. The normalized spacial score (nSPS) is 14.9. The van der Waals surface area contributed by atoms with Gasteiger partial charge >= 0.3 is 0 Å². The third kappa shape index (κ3) is 3.81. The SMILES string of the molecule is Cc1c[nH]c2c1C(SCc1ccccc1)=CC(=NCc1ccccc1)C2=O. The molecule has 4 rings (SSSR count). The molecule has 3 aromatic rings. The number of hydrogen-bond acceptors (Lipinski definition) is 3. The molecule has 27 heavy (non-hydrogen) atoms. The van der Waals surface area contributed by atoms with Crippen LogP contribution in [0.25, 0.3) is 4.91 Å². The largest absolute Gasteiger partial charge is 0.358 e. The summed E-state index contributed by atoms with van der Waals surface area (Å²) >= 11 is 1.75. The minimum absolute atomic E-state index is 0.0295. The lowest BCUT2D eigenvalue weighted by Crippen LogP contribution is -2.19. The van der Waals surface area contributed by atoms with E-state index in [0.29, 0.717) is 18.0 Å². The van der Waals surface area contributed by atoms with Crippen LogP contribution in [0, 0.1) is 6.92 Å². The molecule has 0 bridgehead atoms. The Kier molecular flexibility index (Phi) is 5.07. The molecule has 0 saturated carbocycles. The van der Waals surface area contributed by atoms with E-state index in [0.717, 1.165) is 27.3 Å². The Labute approximate surface area is 163 Å². The zero-order valence-corrected chi connectivity index (χ0v) is 15.9. The first-order chi connectivity index (χ1) is 13.2. The summed E-state index contributed by atoms with van der Waals surface area (Å²) in [5.41, 5.74) is 5.63. The molecule has 0 unspecified atom stereocenters. The lowest BCUT2D eigenvalue weighted by molar-refractivity contribution is 0.106. The molecule has 0 radical (unpaired) electrons. The molecule has 0 aliphatic heterocycles. The standard InChI is InChI=1S/C23H20N2OS/c1-16-13-25-22-21(16)20(27-15-18-10-6-3-7-11-18)12-19(23(22)26)24-14-17-8-4-2-5-9-17/h2-13,25H,14-15H2,1H3. The molecule has 1 N–H and O–H groups in total. The quantitative estimate of drug-likeness (QED) is 0.648. The van der Waals surface area contributed by atoms with Crippen molar-refractivity contribution in [3.05, 3.63) is 101 Å². The van der Waals surface area contributed by atoms with Crippen LogP contribution in [0.4, 0.5) is 0 Å². The Bertz CT molecular complexity index is 1020. The second kappa shape index (κ2) is 7.80. The fourth-order valence-electron chi connectivity index (χ4n) is 3.13. The van der Waals surface area contributed by atoms with E-state index in [9.17, 15) is 4.79 Å². The molecule has 0 atom stereocenters. The van der Waals surface area contributed by atoms with Crippen molar-refractivity contribution in [1.82, 2.24) is 4.98 Å². The van der Waals surface area contributed by atoms with E-state index in [4.69, 9.17) is 0 Å². The molecular weight excluding hydrogens is 352 g/mol. The van der Waals surface area contributed by atoms with E-state index in [2.05, 4.69) is 22.1 Å². The highest BCUT2D eigenvalue weighted by Crippen LogP contribution is 2.37. The highest BCUT2D eigenvalue weighted by molar-refractivity contribution is 8.07. The van der Waals surface area contributed by atoms with Crippen molar-refractivity contribution in [3.63, 3.8) is 0 Å². The summed E-state index contributed by atoms with van der Waals surface area (Å²) in [7, 11) is 0. The summed E-state index contributed by atoms with van der Waals surface area (Å²) in [6.45, 7) is 2.54. The average molecular weight is 372 g/mol. The average Bonchev–Trinajstić information content (AvgIpc) is 3.11. The van der Waals surface area contributed by atoms with Gasteiger partial charge in [0, 0.05) is 22.4 Å². The Morgan fingerprint density at radius 3 is 2.33 bits per heavy atom. The number of aromatic amines is 1. The second-order valence-corrected chi connectivity index (χ2v) is 7.54. The topological polar surface area (TPSA) is 45.2 Å². The molecule has 1 aliphatic carbocycles. The number of ketones is 1. The number of Topliss-reactive ketones (excluding diaryl/α,β-unsaturated/α-hetero) is 1. The maximum absolute atomic E-state index is 12.9. The van der Waals surface area contributed by atoms with Gasteiger partial charge in [0.2, 0.25) is 5.78 Å². The smallest absolute Gasteiger partial charge is 0.227 e. The van der Waals surface area contributed by atoms with Crippen molar-refractivity contribution < 1.29 is 4.79 Å². The van der Waals surface area contributed by atoms with Gasteiger partial charge in [-0.15, -0.1) is 11.8 Å². The summed E-state index contributed by atoms with van der Waals surface area (Å²) < 4.78 is 0. The van der Waals surface area contributed by atoms with Crippen molar-refractivity contribution >= 4 is 28.2 Å². The van der Waals surface area contributed by atoms with E-state index in [-0.39, 0.29) is 5.78 Å². The van der Waals surface area contributed by atoms with Crippen LogP contribution < -0.4 is 0 Å². The van der Waals surface area contributed by atoms with Crippen LogP contribution in [0.5, 0.6) is 0 Å². The number of rotatable bonds is 5. The van der Waals surface area contributed by atoms with Gasteiger partial charge in [0.15, 0.2) is 0 Å². The van der Waals surface area contributed by atoms with Crippen LogP contribution in [-0.2, 0) is 12.3 Å². The van der Waals surface area contributed by atoms with Crippen molar-refractivity contribution in [3.8, 4) is 0 Å². The van der Waals surface area contributed by atoms with Gasteiger partial charge in [0.1, 0.15) is 5.71 Å². The van der Waals surface area contributed by atoms with Crippen LogP contribution in [0.3, 0.4) is 0 Å². The minimum Gasteiger partial charge on any atom is -0.358 e. The zero-order valence-electron chi connectivity index (χ0n) is 15.1. The van der Waals surface area contributed by atoms with Gasteiger partial charge in [-0.25, -0.2) is 0 Å². The van der Waals surface area contributed by atoms with Crippen LogP contribution >= 0.6 is 11.8 Å². The number of aliphatic imine (C=N–C) groups is 1. The first-order valence-electron chi connectivity index (χ1n) is 8.92. The summed E-state index contributed by atoms with van der Waals surface area (Å²) in [6, 6.07) is 20.4. The summed E-state index contributed by atoms with van der Waals surface area (Å²) in [5.74, 6) is 0.828. The monoisotopic (exact) mass is 372 g/mol.